The maximum atomic E-state index is 12.2. The van der Waals surface area contributed by atoms with E-state index in [1.54, 1.807) is 13.2 Å². The highest BCUT2D eigenvalue weighted by molar-refractivity contribution is 5.92. The third-order valence-corrected chi connectivity index (χ3v) is 4.42. The lowest BCUT2D eigenvalue weighted by molar-refractivity contribution is 0.0945. The predicted octanol–water partition coefficient (Wildman–Crippen LogP) is 2.02. The van der Waals surface area contributed by atoms with Gasteiger partial charge in [-0.2, -0.15) is 5.10 Å². The van der Waals surface area contributed by atoms with Crippen LogP contribution in [-0.2, 0) is 0 Å². The number of amides is 1. The van der Waals surface area contributed by atoms with Gasteiger partial charge in [-0.1, -0.05) is 0 Å². The molecule has 7 nitrogen and oxygen atoms in total. The van der Waals surface area contributed by atoms with Crippen LogP contribution >= 0.6 is 0 Å². The number of rotatable bonds is 8. The minimum Gasteiger partial charge on any atom is -0.497 e. The average molecular weight is 358 g/mol. The fourth-order valence-corrected chi connectivity index (χ4v) is 2.95. The van der Waals surface area contributed by atoms with E-state index in [9.17, 15) is 4.79 Å². The van der Waals surface area contributed by atoms with Gasteiger partial charge in [-0.05, 0) is 56.1 Å². The number of nitrogens with one attached hydrogen (secondary N) is 2. The van der Waals surface area contributed by atoms with Crippen LogP contribution in [0, 0.1) is 0 Å². The molecule has 0 bridgehead atoms. The van der Waals surface area contributed by atoms with E-state index in [1.807, 2.05) is 35.1 Å². The number of carbonyl (C=O) groups excluding carboxylic acids is 1. The minimum absolute atomic E-state index is 0.142. The molecule has 0 spiro atoms. The zero-order valence-electron chi connectivity index (χ0n) is 15.1. The smallest absolute Gasteiger partial charge is 0.271 e. The van der Waals surface area contributed by atoms with Crippen molar-refractivity contribution in [3.63, 3.8) is 0 Å². The molecule has 140 valence electrons. The van der Waals surface area contributed by atoms with Crippen LogP contribution < -0.4 is 20.1 Å². The summed E-state index contributed by atoms with van der Waals surface area (Å²) in [5.41, 5.74) is 0.464. The van der Waals surface area contributed by atoms with E-state index in [1.165, 1.54) is 0 Å². The first-order valence-electron chi connectivity index (χ1n) is 9.07. The third-order valence-electron chi connectivity index (χ3n) is 4.42. The molecule has 1 aromatic heterocycles. The zero-order valence-corrected chi connectivity index (χ0v) is 15.1. The van der Waals surface area contributed by atoms with Crippen molar-refractivity contribution < 1.29 is 14.3 Å². The van der Waals surface area contributed by atoms with Gasteiger partial charge in [0.05, 0.1) is 19.8 Å². The summed E-state index contributed by atoms with van der Waals surface area (Å²) in [5, 5.41) is 10.7. The Bertz CT molecular complexity index is 693. The van der Waals surface area contributed by atoms with Crippen molar-refractivity contribution >= 4 is 5.91 Å². The third kappa shape index (κ3) is 4.98. The fourth-order valence-electron chi connectivity index (χ4n) is 2.95. The molecule has 1 atom stereocenters. The molecule has 2 N–H and O–H groups in total. The summed E-state index contributed by atoms with van der Waals surface area (Å²) in [7, 11) is 1.63. The lowest BCUT2D eigenvalue weighted by Gasteiger charge is -2.22. The lowest BCUT2D eigenvalue weighted by atomic mass is 10.1. The van der Waals surface area contributed by atoms with E-state index in [0.29, 0.717) is 24.9 Å². The number of ether oxygens (including phenoxy) is 2. The monoisotopic (exact) mass is 358 g/mol. The number of aromatic nitrogens is 2. The van der Waals surface area contributed by atoms with Crippen molar-refractivity contribution in [3.8, 4) is 11.5 Å². The molecule has 1 unspecified atom stereocenters. The van der Waals surface area contributed by atoms with Gasteiger partial charge in [-0.25, -0.2) is 0 Å². The molecule has 1 fully saturated rings. The van der Waals surface area contributed by atoms with E-state index in [2.05, 4.69) is 15.7 Å². The van der Waals surface area contributed by atoms with Crippen molar-refractivity contribution in [2.45, 2.75) is 25.3 Å². The second-order valence-electron chi connectivity index (χ2n) is 6.31. The molecule has 2 aromatic rings. The average Bonchev–Trinajstić information content (AvgIpc) is 3.19. The van der Waals surface area contributed by atoms with Gasteiger partial charge in [0, 0.05) is 19.3 Å². The van der Waals surface area contributed by atoms with Gasteiger partial charge in [0.1, 0.15) is 17.2 Å². The molecule has 1 aliphatic rings. The van der Waals surface area contributed by atoms with Gasteiger partial charge in [0.15, 0.2) is 0 Å². The first kappa shape index (κ1) is 18.3. The van der Waals surface area contributed by atoms with Crippen molar-refractivity contribution in [2.24, 2.45) is 0 Å². The van der Waals surface area contributed by atoms with Crippen LogP contribution in [0.5, 0.6) is 11.5 Å². The molecule has 3 rings (SSSR count). The van der Waals surface area contributed by atoms with Gasteiger partial charge in [0.25, 0.3) is 5.91 Å². The first-order valence-corrected chi connectivity index (χ1v) is 9.07. The quantitative estimate of drug-likeness (QED) is 0.706. The summed E-state index contributed by atoms with van der Waals surface area (Å²) < 4.78 is 12.6. The number of methoxy groups -OCH3 is 1. The lowest BCUT2D eigenvalue weighted by Crippen LogP contribution is -2.32. The molecule has 1 aliphatic heterocycles. The normalized spacial score (nSPS) is 16.9. The van der Waals surface area contributed by atoms with Crippen molar-refractivity contribution in [1.29, 1.82) is 0 Å². The Hall–Kier alpha value is -2.54. The highest BCUT2D eigenvalue weighted by atomic mass is 16.5. The predicted molar refractivity (Wildman–Crippen MR) is 98.8 cm³/mol. The Morgan fingerprint density at radius 2 is 2.12 bits per heavy atom. The standard InChI is InChI=1S/C19H26N4O3/c1-25-16-5-7-17(8-6-16)26-13-3-11-21-19(24)18-9-12-23(22-18)15-4-2-10-20-14-15/h5-9,12,15,20H,2-4,10-11,13-14H2,1H3,(H,21,24). The van der Waals surface area contributed by atoms with E-state index < -0.39 is 0 Å². The molecule has 26 heavy (non-hydrogen) atoms. The van der Waals surface area contributed by atoms with Gasteiger partial charge in [0.2, 0.25) is 0 Å². The summed E-state index contributed by atoms with van der Waals surface area (Å²) in [5.74, 6) is 1.45. The summed E-state index contributed by atoms with van der Waals surface area (Å²) >= 11 is 0. The zero-order chi connectivity index (χ0) is 18.2. The van der Waals surface area contributed by atoms with Crippen molar-refractivity contribution in [1.82, 2.24) is 20.4 Å². The van der Waals surface area contributed by atoms with Crippen LogP contribution in [0.25, 0.3) is 0 Å². The van der Waals surface area contributed by atoms with Crippen molar-refractivity contribution in [2.75, 3.05) is 33.4 Å². The van der Waals surface area contributed by atoms with Gasteiger partial charge < -0.3 is 20.1 Å². The summed E-state index contributed by atoms with van der Waals surface area (Å²) in [6, 6.07) is 9.56. The number of hydrogen-bond acceptors (Lipinski definition) is 5. The van der Waals surface area contributed by atoms with Gasteiger partial charge >= 0.3 is 0 Å². The van der Waals surface area contributed by atoms with Gasteiger partial charge in [-0.3, -0.25) is 9.48 Å². The Morgan fingerprint density at radius 3 is 2.85 bits per heavy atom. The molecule has 0 aliphatic carbocycles. The fraction of sp³-hybridized carbons (Fsp3) is 0.474. The molecular weight excluding hydrogens is 332 g/mol. The maximum Gasteiger partial charge on any atom is 0.271 e. The number of piperidine rings is 1. The molecule has 0 radical (unpaired) electrons. The highest BCUT2D eigenvalue weighted by Crippen LogP contribution is 2.17. The van der Waals surface area contributed by atoms with Crippen LogP contribution in [0.1, 0.15) is 35.8 Å². The first-order chi connectivity index (χ1) is 12.8. The summed E-state index contributed by atoms with van der Waals surface area (Å²) in [4.78, 5) is 12.2. The number of hydrogen-bond donors (Lipinski definition) is 2. The molecule has 1 aromatic carbocycles. The van der Waals surface area contributed by atoms with Crippen LogP contribution in [-0.4, -0.2) is 49.0 Å². The van der Waals surface area contributed by atoms with Crippen LogP contribution in [0.15, 0.2) is 36.5 Å². The van der Waals surface area contributed by atoms with E-state index >= 15 is 0 Å². The largest absolute Gasteiger partial charge is 0.497 e. The Kier molecular flexibility index (Phi) is 6.49. The van der Waals surface area contributed by atoms with E-state index in [4.69, 9.17) is 9.47 Å². The molecule has 1 amide bonds. The summed E-state index contributed by atoms with van der Waals surface area (Å²) in [6.07, 6.45) is 4.85. The molecule has 0 saturated carbocycles. The summed E-state index contributed by atoms with van der Waals surface area (Å²) in [6.45, 7) is 3.05. The van der Waals surface area contributed by atoms with Crippen molar-refractivity contribution in [3.05, 3.63) is 42.2 Å². The number of benzene rings is 1. The Morgan fingerprint density at radius 1 is 1.31 bits per heavy atom. The Labute approximate surface area is 153 Å². The topological polar surface area (TPSA) is 77.4 Å². The van der Waals surface area contributed by atoms with E-state index in [0.717, 1.165) is 43.9 Å². The van der Waals surface area contributed by atoms with Crippen LogP contribution in [0.2, 0.25) is 0 Å². The van der Waals surface area contributed by atoms with Crippen LogP contribution in [0.3, 0.4) is 0 Å². The highest BCUT2D eigenvalue weighted by Gasteiger charge is 2.17. The second-order valence-corrected chi connectivity index (χ2v) is 6.31. The number of carbonyl (C=O) groups is 1. The van der Waals surface area contributed by atoms with Crippen LogP contribution in [0.4, 0.5) is 0 Å². The molecule has 2 heterocycles. The number of nitrogens with zero attached hydrogens (tertiary/aromatic N) is 2. The van der Waals surface area contributed by atoms with Gasteiger partial charge in [-0.15, -0.1) is 0 Å². The van der Waals surface area contributed by atoms with E-state index in [-0.39, 0.29) is 5.91 Å². The molecule has 1 saturated heterocycles. The molecular formula is C19H26N4O3. The minimum atomic E-state index is -0.142. The maximum absolute atomic E-state index is 12.2. The second kappa shape index (κ2) is 9.24. The Balaban J connectivity index is 1.36. The molecule has 7 heteroatoms. The SMILES string of the molecule is COc1ccc(OCCCNC(=O)c2ccn(C3CCCNC3)n2)cc1.